The minimum absolute atomic E-state index is 0.0254. The van der Waals surface area contributed by atoms with Crippen LogP contribution < -0.4 is 11.1 Å². The van der Waals surface area contributed by atoms with Crippen LogP contribution in [0.5, 0.6) is 0 Å². The lowest BCUT2D eigenvalue weighted by atomic mass is 9.89. The standard InChI is InChI=1S/C30H28ClFN6O2/c1-40-25-4-2-3-24(32)26(25)28-23-13-19(31)7-10-22(23)27-18(14-34-28)15-35-30(37-27)36-21-8-5-17(6-9-21)29(39)38-12-11-20(33)16-38/h2,4-10,13,15,20,24H,3,11-12,14,16,33H2,1H3,(H,35,36,37). The predicted octanol–water partition coefficient (Wildman–Crippen LogP) is 5.22. The number of aliphatic imine (C=N–C) groups is 1. The van der Waals surface area contributed by atoms with Crippen molar-refractivity contribution in [2.45, 2.75) is 31.6 Å². The first-order chi connectivity index (χ1) is 19.4. The Morgan fingerprint density at radius 1 is 1.20 bits per heavy atom. The van der Waals surface area contributed by atoms with Gasteiger partial charge in [-0.05, 0) is 48.9 Å². The molecule has 0 saturated carbocycles. The molecule has 1 saturated heterocycles. The molecule has 10 heteroatoms. The first-order valence-corrected chi connectivity index (χ1v) is 13.5. The summed E-state index contributed by atoms with van der Waals surface area (Å²) in [6.07, 6.45) is 5.06. The smallest absolute Gasteiger partial charge is 0.253 e. The molecule has 0 radical (unpaired) electrons. The lowest BCUT2D eigenvalue weighted by molar-refractivity contribution is 0.0791. The number of carbonyl (C=O) groups excluding carboxylic acids is 1. The molecule has 0 spiro atoms. The molecule has 8 nitrogen and oxygen atoms in total. The van der Waals surface area contributed by atoms with Crippen LogP contribution in [0, 0.1) is 0 Å². The van der Waals surface area contributed by atoms with Crippen molar-refractivity contribution in [1.82, 2.24) is 14.9 Å². The molecule has 0 bridgehead atoms. The molecule has 2 atom stereocenters. The van der Waals surface area contributed by atoms with E-state index >= 15 is 4.39 Å². The third-order valence-corrected chi connectivity index (χ3v) is 7.56. The number of likely N-dealkylation sites (tertiary alicyclic amines) is 1. The molecular weight excluding hydrogens is 531 g/mol. The molecule has 6 rings (SSSR count). The van der Waals surface area contributed by atoms with Gasteiger partial charge in [-0.3, -0.25) is 9.79 Å². The minimum Gasteiger partial charge on any atom is -0.496 e. The summed E-state index contributed by atoms with van der Waals surface area (Å²) in [6.45, 7) is 1.52. The summed E-state index contributed by atoms with van der Waals surface area (Å²) in [6, 6.07) is 12.7. The summed E-state index contributed by atoms with van der Waals surface area (Å²) in [7, 11) is 1.52. The number of benzene rings is 2. The highest BCUT2D eigenvalue weighted by atomic mass is 35.5. The maximum Gasteiger partial charge on any atom is 0.253 e. The molecule has 2 aromatic carbocycles. The van der Waals surface area contributed by atoms with Crippen LogP contribution in [0.2, 0.25) is 5.02 Å². The molecule has 2 unspecified atom stereocenters. The Morgan fingerprint density at radius 2 is 2.02 bits per heavy atom. The van der Waals surface area contributed by atoms with E-state index < -0.39 is 6.17 Å². The molecule has 1 aliphatic carbocycles. The Bertz CT molecular complexity index is 1570. The van der Waals surface area contributed by atoms with E-state index in [9.17, 15) is 4.79 Å². The maximum absolute atomic E-state index is 15.2. The number of rotatable bonds is 5. The number of allylic oxidation sites excluding steroid dienone is 3. The van der Waals surface area contributed by atoms with Crippen molar-refractivity contribution in [2.24, 2.45) is 10.7 Å². The molecule has 204 valence electrons. The number of fused-ring (bicyclic) bond motifs is 3. The van der Waals surface area contributed by atoms with Gasteiger partial charge < -0.3 is 20.7 Å². The summed E-state index contributed by atoms with van der Waals surface area (Å²) in [5.41, 5.74) is 11.1. The van der Waals surface area contributed by atoms with Crippen LogP contribution in [0.4, 0.5) is 16.0 Å². The van der Waals surface area contributed by atoms with Crippen LogP contribution in [-0.4, -0.2) is 58.9 Å². The number of anilines is 2. The number of aromatic nitrogens is 2. The van der Waals surface area contributed by atoms with Gasteiger partial charge in [0.25, 0.3) is 5.91 Å². The van der Waals surface area contributed by atoms with E-state index in [1.807, 2.05) is 18.2 Å². The number of halogens is 2. The van der Waals surface area contributed by atoms with Gasteiger partial charge in [-0.1, -0.05) is 23.7 Å². The molecule has 1 fully saturated rings. The van der Waals surface area contributed by atoms with Gasteiger partial charge >= 0.3 is 0 Å². The molecular formula is C30H28ClFN6O2. The fourth-order valence-electron chi connectivity index (χ4n) is 5.29. The van der Waals surface area contributed by atoms with Crippen LogP contribution in [0.25, 0.3) is 11.3 Å². The van der Waals surface area contributed by atoms with E-state index in [0.29, 0.717) is 57.9 Å². The third-order valence-electron chi connectivity index (χ3n) is 7.33. The maximum atomic E-state index is 15.2. The largest absolute Gasteiger partial charge is 0.496 e. The van der Waals surface area contributed by atoms with Gasteiger partial charge in [-0.2, -0.15) is 0 Å². The van der Waals surface area contributed by atoms with Crippen molar-refractivity contribution < 1.29 is 13.9 Å². The molecule has 2 aliphatic heterocycles. The number of ether oxygens (including phenoxy) is 1. The van der Waals surface area contributed by atoms with Crippen LogP contribution >= 0.6 is 11.6 Å². The average molecular weight is 559 g/mol. The van der Waals surface area contributed by atoms with Crippen molar-refractivity contribution in [3.05, 3.63) is 93.9 Å². The number of nitrogens with two attached hydrogens (primary N) is 1. The van der Waals surface area contributed by atoms with Crippen LogP contribution in [0.15, 0.2) is 77.1 Å². The fourth-order valence-corrected chi connectivity index (χ4v) is 5.47. The van der Waals surface area contributed by atoms with Crippen molar-refractivity contribution in [3.8, 4) is 11.3 Å². The Balaban J connectivity index is 1.31. The van der Waals surface area contributed by atoms with E-state index in [-0.39, 0.29) is 24.9 Å². The Kier molecular flexibility index (Phi) is 7.08. The summed E-state index contributed by atoms with van der Waals surface area (Å²) < 4.78 is 20.7. The number of methoxy groups -OCH3 is 1. The SMILES string of the molecule is COC1=C(C2=NCc3cnc(Nc4ccc(C(=O)N5CCC(N)C5)cc4)nc3-c3ccc(Cl)cc32)C(F)CC=C1. The summed E-state index contributed by atoms with van der Waals surface area (Å²) in [4.78, 5) is 28.7. The zero-order chi connectivity index (χ0) is 27.8. The van der Waals surface area contributed by atoms with E-state index in [1.54, 1.807) is 47.5 Å². The average Bonchev–Trinajstić information content (AvgIpc) is 3.34. The normalized spacial score (nSPS) is 20.0. The Morgan fingerprint density at radius 3 is 2.77 bits per heavy atom. The number of hydrogen-bond acceptors (Lipinski definition) is 7. The number of nitrogens with zero attached hydrogens (tertiary/aromatic N) is 4. The first-order valence-electron chi connectivity index (χ1n) is 13.1. The minimum atomic E-state index is -1.26. The second kappa shape index (κ2) is 10.8. The number of nitrogens with one attached hydrogen (secondary N) is 1. The highest BCUT2D eigenvalue weighted by Gasteiger charge is 2.30. The lowest BCUT2D eigenvalue weighted by Crippen LogP contribution is -2.31. The lowest BCUT2D eigenvalue weighted by Gasteiger charge is -2.21. The van der Waals surface area contributed by atoms with Gasteiger partial charge in [0.15, 0.2) is 0 Å². The van der Waals surface area contributed by atoms with Gasteiger partial charge in [0.1, 0.15) is 11.9 Å². The number of amides is 1. The topological polar surface area (TPSA) is 106 Å². The van der Waals surface area contributed by atoms with Crippen LogP contribution in [0.3, 0.4) is 0 Å². The van der Waals surface area contributed by atoms with Gasteiger partial charge in [0, 0.05) is 64.7 Å². The molecule has 3 aliphatic rings. The summed E-state index contributed by atoms with van der Waals surface area (Å²) in [5.74, 6) is 0.799. The fraction of sp³-hybridized carbons (Fsp3) is 0.267. The molecule has 40 heavy (non-hydrogen) atoms. The second-order valence-electron chi connectivity index (χ2n) is 10.0. The quantitative estimate of drug-likeness (QED) is 0.445. The third kappa shape index (κ3) is 4.98. The van der Waals surface area contributed by atoms with Crippen LogP contribution in [0.1, 0.15) is 34.3 Å². The van der Waals surface area contributed by atoms with E-state index in [1.165, 1.54) is 7.11 Å². The van der Waals surface area contributed by atoms with Gasteiger partial charge in [-0.25, -0.2) is 14.4 Å². The monoisotopic (exact) mass is 558 g/mol. The number of hydrogen-bond donors (Lipinski definition) is 2. The summed E-state index contributed by atoms with van der Waals surface area (Å²) in [5, 5.41) is 3.74. The molecule has 3 N–H and O–H groups in total. The number of alkyl halides is 1. The molecule has 3 aromatic rings. The van der Waals surface area contributed by atoms with E-state index in [2.05, 4.69) is 10.3 Å². The second-order valence-corrected chi connectivity index (χ2v) is 10.4. The van der Waals surface area contributed by atoms with Crippen molar-refractivity contribution in [3.63, 3.8) is 0 Å². The molecule has 1 aromatic heterocycles. The van der Waals surface area contributed by atoms with Gasteiger partial charge in [0.2, 0.25) is 5.95 Å². The molecule has 3 heterocycles. The Labute approximate surface area is 236 Å². The van der Waals surface area contributed by atoms with Gasteiger partial charge in [-0.15, -0.1) is 0 Å². The number of carbonyl (C=O) groups is 1. The first kappa shape index (κ1) is 26.2. The zero-order valence-electron chi connectivity index (χ0n) is 21.9. The predicted molar refractivity (Wildman–Crippen MR) is 154 cm³/mol. The van der Waals surface area contributed by atoms with Gasteiger partial charge in [0.05, 0.1) is 30.6 Å². The van der Waals surface area contributed by atoms with Crippen molar-refractivity contribution >= 4 is 34.9 Å². The van der Waals surface area contributed by atoms with E-state index in [0.717, 1.165) is 23.2 Å². The molecule has 1 amide bonds. The Hall–Kier alpha value is -4.08. The summed E-state index contributed by atoms with van der Waals surface area (Å²) >= 11 is 6.40. The van der Waals surface area contributed by atoms with Crippen molar-refractivity contribution in [2.75, 3.05) is 25.5 Å². The zero-order valence-corrected chi connectivity index (χ0v) is 22.7. The highest BCUT2D eigenvalue weighted by molar-refractivity contribution is 6.31. The van der Waals surface area contributed by atoms with Crippen molar-refractivity contribution in [1.29, 1.82) is 0 Å². The van der Waals surface area contributed by atoms with Crippen LogP contribution in [-0.2, 0) is 11.3 Å². The highest BCUT2D eigenvalue weighted by Crippen LogP contribution is 2.36. The van der Waals surface area contributed by atoms with E-state index in [4.69, 9.17) is 32.0 Å².